The molecule has 0 aromatic carbocycles. The average molecular weight is 379 g/mol. The van der Waals surface area contributed by atoms with Crippen LogP contribution in [0.4, 0.5) is 5.69 Å². The lowest BCUT2D eigenvalue weighted by atomic mass is 10.1. The highest BCUT2D eigenvalue weighted by Gasteiger charge is 2.49. The van der Waals surface area contributed by atoms with E-state index in [1.165, 1.54) is 0 Å². The molecule has 0 radical (unpaired) electrons. The first-order valence-electron chi connectivity index (χ1n) is 10.4. The van der Waals surface area contributed by atoms with Crippen molar-refractivity contribution >= 4 is 11.6 Å². The Morgan fingerprint density at radius 3 is 2.59 bits per heavy atom. The largest absolute Gasteiger partial charge is 0.373 e. The van der Waals surface area contributed by atoms with Gasteiger partial charge < -0.3 is 19.7 Å². The number of nitrogens with zero attached hydrogens (tertiary/aromatic N) is 3. The van der Waals surface area contributed by atoms with Crippen LogP contribution in [0.5, 0.6) is 0 Å². The van der Waals surface area contributed by atoms with Gasteiger partial charge in [0.2, 0.25) is 0 Å². The zero-order valence-corrected chi connectivity index (χ0v) is 17.1. The van der Waals surface area contributed by atoms with Crippen LogP contribution in [0.15, 0.2) is 6.20 Å². The Morgan fingerprint density at radius 1 is 1.19 bits per heavy atom. The maximum atomic E-state index is 13.3. The molecule has 0 bridgehead atoms. The van der Waals surface area contributed by atoms with Crippen molar-refractivity contribution in [1.29, 1.82) is 0 Å². The summed E-state index contributed by atoms with van der Waals surface area (Å²) in [5.41, 5.74) is 1.95. The van der Waals surface area contributed by atoms with Crippen LogP contribution in [-0.2, 0) is 27.4 Å². The van der Waals surface area contributed by atoms with Gasteiger partial charge in [0, 0.05) is 25.8 Å². The second-order valence-electron chi connectivity index (χ2n) is 7.72. The van der Waals surface area contributed by atoms with Crippen LogP contribution in [0.25, 0.3) is 0 Å². The van der Waals surface area contributed by atoms with E-state index in [1.54, 1.807) is 0 Å². The topological polar surface area (TPSA) is 68.6 Å². The number of aromatic nitrogens is 2. The smallest absolute Gasteiger partial charge is 0.259 e. The predicted molar refractivity (Wildman–Crippen MR) is 105 cm³/mol. The number of ether oxygens (including phenoxy) is 2. The number of carbonyl (C=O) groups excluding carboxylic acids is 1. The molecular formula is C20H34N4O3. The molecule has 1 saturated heterocycles. The fraction of sp³-hybridized carbons (Fsp3) is 0.800. The van der Waals surface area contributed by atoms with Gasteiger partial charge in [-0.05, 0) is 26.7 Å². The number of anilines is 1. The zero-order chi connectivity index (χ0) is 19.4. The normalized spacial score (nSPS) is 28.0. The Morgan fingerprint density at radius 2 is 1.89 bits per heavy atom. The lowest BCUT2D eigenvalue weighted by molar-refractivity contribution is -0.134. The first-order chi connectivity index (χ1) is 13.1. The number of hydrogen-bond donors (Lipinski definition) is 1. The van der Waals surface area contributed by atoms with Gasteiger partial charge in [-0.3, -0.25) is 9.48 Å². The summed E-state index contributed by atoms with van der Waals surface area (Å²) in [6, 6.07) is 0.307. The second kappa shape index (κ2) is 9.17. The van der Waals surface area contributed by atoms with Gasteiger partial charge >= 0.3 is 0 Å². The molecule has 2 aliphatic heterocycles. The summed E-state index contributed by atoms with van der Waals surface area (Å²) in [4.78, 5) is 15.1. The van der Waals surface area contributed by atoms with E-state index in [1.807, 2.05) is 15.8 Å². The third-order valence-electron chi connectivity index (χ3n) is 5.52. The number of unbranched alkanes of at least 4 members (excludes halogenated alkanes) is 2. The van der Waals surface area contributed by atoms with Crippen molar-refractivity contribution in [2.45, 2.75) is 90.8 Å². The summed E-state index contributed by atoms with van der Waals surface area (Å²) in [5, 5.41) is 7.99. The van der Waals surface area contributed by atoms with Crippen LogP contribution in [0.2, 0.25) is 0 Å². The van der Waals surface area contributed by atoms with Gasteiger partial charge in [0.15, 0.2) is 6.10 Å². The standard InChI is InChI=1S/C20H34N4O3/c1-5-7-9-26-18-15(4)24(20(25)19(18)27-10-8-6-2)17-12-22-23-13-14(3)21-11-16(17)23/h12,14-15,18-19,21H,5-11,13H2,1-4H3/t14-,15+,18+,19-/m0/s1. The quantitative estimate of drug-likeness (QED) is 0.669. The molecule has 7 nitrogen and oxygen atoms in total. The van der Waals surface area contributed by atoms with Gasteiger partial charge in [0.25, 0.3) is 5.91 Å². The molecule has 3 heterocycles. The van der Waals surface area contributed by atoms with Crippen molar-refractivity contribution < 1.29 is 14.3 Å². The van der Waals surface area contributed by atoms with Crippen LogP contribution < -0.4 is 10.2 Å². The third kappa shape index (κ3) is 4.20. The molecule has 0 spiro atoms. The number of nitrogens with one attached hydrogen (secondary N) is 1. The average Bonchev–Trinajstić information content (AvgIpc) is 3.15. The van der Waals surface area contributed by atoms with E-state index in [9.17, 15) is 4.79 Å². The van der Waals surface area contributed by atoms with Crippen LogP contribution >= 0.6 is 0 Å². The molecule has 4 atom stereocenters. The minimum absolute atomic E-state index is 0.00507. The van der Waals surface area contributed by atoms with Crippen LogP contribution in [0, 0.1) is 0 Å². The molecule has 1 amide bonds. The lowest BCUT2D eigenvalue weighted by Gasteiger charge is -2.27. The summed E-state index contributed by atoms with van der Waals surface area (Å²) in [7, 11) is 0. The number of fused-ring (bicyclic) bond motifs is 1. The van der Waals surface area contributed by atoms with Crippen molar-refractivity contribution in [2.75, 3.05) is 18.1 Å². The van der Waals surface area contributed by atoms with Crippen LogP contribution in [0.1, 0.15) is 59.1 Å². The summed E-state index contributed by atoms with van der Waals surface area (Å²) in [6.45, 7) is 11.2. The minimum Gasteiger partial charge on any atom is -0.373 e. The molecular weight excluding hydrogens is 344 g/mol. The molecule has 0 unspecified atom stereocenters. The van der Waals surface area contributed by atoms with Gasteiger partial charge in [-0.2, -0.15) is 5.10 Å². The number of hydrogen-bond acceptors (Lipinski definition) is 5. The van der Waals surface area contributed by atoms with Crippen molar-refractivity contribution in [3.63, 3.8) is 0 Å². The molecule has 2 aliphatic rings. The van der Waals surface area contributed by atoms with E-state index in [0.717, 1.165) is 50.2 Å². The van der Waals surface area contributed by atoms with Crippen molar-refractivity contribution in [1.82, 2.24) is 15.1 Å². The first-order valence-corrected chi connectivity index (χ1v) is 10.4. The number of amides is 1. The second-order valence-corrected chi connectivity index (χ2v) is 7.72. The highest BCUT2D eigenvalue weighted by atomic mass is 16.5. The van der Waals surface area contributed by atoms with Crippen molar-refractivity contribution in [3.8, 4) is 0 Å². The predicted octanol–water partition coefficient (Wildman–Crippen LogP) is 2.48. The summed E-state index contributed by atoms with van der Waals surface area (Å²) < 4.78 is 14.1. The van der Waals surface area contributed by atoms with Gasteiger partial charge in [-0.25, -0.2) is 0 Å². The molecule has 1 aromatic heterocycles. The van der Waals surface area contributed by atoms with E-state index >= 15 is 0 Å². The number of rotatable bonds is 9. The van der Waals surface area contributed by atoms with E-state index in [-0.39, 0.29) is 18.1 Å². The monoisotopic (exact) mass is 378 g/mol. The van der Waals surface area contributed by atoms with Gasteiger partial charge in [-0.15, -0.1) is 0 Å². The Balaban J connectivity index is 1.81. The van der Waals surface area contributed by atoms with E-state index in [2.05, 4.69) is 38.1 Å². The molecule has 1 aromatic rings. The molecule has 3 rings (SSSR count). The summed E-state index contributed by atoms with van der Waals surface area (Å²) in [5.74, 6) is -0.00507. The summed E-state index contributed by atoms with van der Waals surface area (Å²) >= 11 is 0. The van der Waals surface area contributed by atoms with Gasteiger partial charge in [-0.1, -0.05) is 26.7 Å². The Bertz CT molecular complexity index is 633. The minimum atomic E-state index is -0.533. The van der Waals surface area contributed by atoms with E-state index < -0.39 is 6.10 Å². The lowest BCUT2D eigenvalue weighted by Crippen LogP contribution is -2.40. The highest BCUT2D eigenvalue weighted by Crippen LogP contribution is 2.34. The van der Waals surface area contributed by atoms with Gasteiger partial charge in [0.05, 0.1) is 30.2 Å². The van der Waals surface area contributed by atoms with E-state index in [4.69, 9.17) is 9.47 Å². The molecule has 0 saturated carbocycles. The number of carbonyl (C=O) groups is 1. The fourth-order valence-corrected chi connectivity index (χ4v) is 3.86. The maximum absolute atomic E-state index is 13.3. The Labute approximate surface area is 162 Å². The van der Waals surface area contributed by atoms with Crippen molar-refractivity contribution in [2.24, 2.45) is 0 Å². The zero-order valence-electron chi connectivity index (χ0n) is 17.1. The molecule has 7 heteroatoms. The van der Waals surface area contributed by atoms with Crippen LogP contribution in [0.3, 0.4) is 0 Å². The molecule has 152 valence electrons. The fourth-order valence-electron chi connectivity index (χ4n) is 3.86. The Hall–Kier alpha value is -1.44. The first kappa shape index (κ1) is 20.3. The Kier molecular flexibility index (Phi) is 6.89. The maximum Gasteiger partial charge on any atom is 0.259 e. The van der Waals surface area contributed by atoms with E-state index in [0.29, 0.717) is 19.3 Å². The third-order valence-corrected chi connectivity index (χ3v) is 5.52. The molecule has 1 N–H and O–H groups in total. The SMILES string of the molecule is CCCCO[C@H]1[C@H](OCCCC)C(=O)N(c2cnn3c2CN[C@@H](C)C3)[C@@H]1C. The molecule has 0 aliphatic carbocycles. The molecule has 27 heavy (non-hydrogen) atoms. The van der Waals surface area contributed by atoms with Crippen molar-refractivity contribution in [3.05, 3.63) is 11.9 Å². The highest BCUT2D eigenvalue weighted by molar-refractivity contribution is 6.00. The molecule has 1 fully saturated rings. The van der Waals surface area contributed by atoms with Gasteiger partial charge in [0.1, 0.15) is 6.10 Å². The summed E-state index contributed by atoms with van der Waals surface area (Å²) in [6.07, 6.45) is 5.10. The van der Waals surface area contributed by atoms with Crippen LogP contribution in [-0.4, -0.2) is 53.2 Å².